The average Bonchev–Trinajstić information content (AvgIpc) is 3.15. The largest absolute Gasteiger partial charge is 0.339 e. The van der Waals surface area contributed by atoms with Gasteiger partial charge in [-0.25, -0.2) is 9.50 Å². The van der Waals surface area contributed by atoms with Gasteiger partial charge in [0.25, 0.3) is 0 Å². The molecule has 148 valence electrons. The van der Waals surface area contributed by atoms with Gasteiger partial charge in [0.1, 0.15) is 11.6 Å². The lowest BCUT2D eigenvalue weighted by molar-refractivity contribution is -0.132. The summed E-state index contributed by atoms with van der Waals surface area (Å²) in [7, 11) is 1.92. The molecular formula is C23H25N5O. The molecule has 0 fully saturated rings. The number of hydrogen-bond donors (Lipinski definition) is 0. The molecule has 1 aliphatic rings. The SMILES string of the molecule is Cc1nc2c(C#N)cnn2c(C)c1CCC(=O)N(C)C1CCCc2ccccc21. The molecular weight excluding hydrogens is 362 g/mol. The van der Waals surface area contributed by atoms with Crippen molar-refractivity contribution in [2.75, 3.05) is 7.05 Å². The van der Waals surface area contributed by atoms with E-state index in [9.17, 15) is 10.1 Å². The second-order valence-electron chi connectivity index (χ2n) is 7.78. The van der Waals surface area contributed by atoms with E-state index in [1.54, 1.807) is 4.52 Å². The minimum atomic E-state index is 0.142. The summed E-state index contributed by atoms with van der Waals surface area (Å²) in [6, 6.07) is 10.7. The predicted octanol–water partition coefficient (Wildman–Crippen LogP) is 3.69. The number of benzene rings is 1. The van der Waals surface area contributed by atoms with E-state index in [1.807, 2.05) is 25.8 Å². The van der Waals surface area contributed by atoms with E-state index in [1.165, 1.54) is 17.3 Å². The van der Waals surface area contributed by atoms with Crippen molar-refractivity contribution in [2.45, 2.75) is 52.0 Å². The fraction of sp³-hybridized carbons (Fsp3) is 0.391. The zero-order chi connectivity index (χ0) is 20.5. The first-order valence-corrected chi connectivity index (χ1v) is 10.1. The van der Waals surface area contributed by atoms with Crippen LogP contribution in [0.3, 0.4) is 0 Å². The molecule has 2 heterocycles. The maximum Gasteiger partial charge on any atom is 0.223 e. The molecule has 0 saturated carbocycles. The van der Waals surface area contributed by atoms with Crippen LogP contribution in [0.15, 0.2) is 30.5 Å². The van der Waals surface area contributed by atoms with Crippen molar-refractivity contribution in [3.05, 3.63) is 64.1 Å². The smallest absolute Gasteiger partial charge is 0.223 e. The normalized spacial score (nSPS) is 15.7. The molecule has 1 aromatic carbocycles. The van der Waals surface area contributed by atoms with E-state index in [0.717, 1.165) is 36.2 Å². The summed E-state index contributed by atoms with van der Waals surface area (Å²) in [4.78, 5) is 19.5. The fourth-order valence-electron chi connectivity index (χ4n) is 4.46. The van der Waals surface area contributed by atoms with Gasteiger partial charge in [-0.05, 0) is 56.2 Å². The monoisotopic (exact) mass is 387 g/mol. The van der Waals surface area contributed by atoms with E-state index >= 15 is 0 Å². The number of hydrogen-bond acceptors (Lipinski definition) is 4. The zero-order valence-electron chi connectivity index (χ0n) is 17.1. The second kappa shape index (κ2) is 7.67. The minimum Gasteiger partial charge on any atom is -0.339 e. The molecule has 2 aromatic heterocycles. The molecule has 29 heavy (non-hydrogen) atoms. The molecule has 0 bridgehead atoms. The maximum absolute atomic E-state index is 13.0. The van der Waals surface area contributed by atoms with Crippen molar-refractivity contribution in [3.8, 4) is 6.07 Å². The first-order chi connectivity index (χ1) is 14.0. The minimum absolute atomic E-state index is 0.142. The van der Waals surface area contributed by atoms with Gasteiger partial charge in [-0.15, -0.1) is 0 Å². The van der Waals surface area contributed by atoms with E-state index in [-0.39, 0.29) is 11.9 Å². The van der Waals surface area contributed by atoms with Crippen LogP contribution < -0.4 is 0 Å². The first kappa shape index (κ1) is 19.1. The summed E-state index contributed by atoms with van der Waals surface area (Å²) in [5.41, 5.74) is 6.50. The number of rotatable bonds is 4. The van der Waals surface area contributed by atoms with Crippen molar-refractivity contribution >= 4 is 11.6 Å². The third kappa shape index (κ3) is 3.38. The Labute approximate surface area is 170 Å². The van der Waals surface area contributed by atoms with Gasteiger partial charge >= 0.3 is 0 Å². The molecule has 6 heteroatoms. The Morgan fingerprint density at radius 1 is 1.34 bits per heavy atom. The van der Waals surface area contributed by atoms with E-state index < -0.39 is 0 Å². The number of amides is 1. The second-order valence-corrected chi connectivity index (χ2v) is 7.78. The molecule has 1 unspecified atom stereocenters. The molecule has 1 amide bonds. The van der Waals surface area contributed by atoms with Gasteiger partial charge in [0.15, 0.2) is 5.65 Å². The lowest BCUT2D eigenvalue weighted by atomic mass is 9.87. The highest BCUT2D eigenvalue weighted by molar-refractivity contribution is 5.77. The van der Waals surface area contributed by atoms with Crippen LogP contribution >= 0.6 is 0 Å². The first-order valence-electron chi connectivity index (χ1n) is 10.1. The third-order valence-electron chi connectivity index (χ3n) is 6.12. The molecule has 0 aliphatic heterocycles. The van der Waals surface area contributed by atoms with Gasteiger partial charge in [0.05, 0.1) is 12.2 Å². The molecule has 4 rings (SSSR count). The van der Waals surface area contributed by atoms with Crippen molar-refractivity contribution in [2.24, 2.45) is 0 Å². The highest BCUT2D eigenvalue weighted by Crippen LogP contribution is 2.33. The van der Waals surface area contributed by atoms with Crippen molar-refractivity contribution in [3.63, 3.8) is 0 Å². The Balaban J connectivity index is 1.53. The number of carbonyl (C=O) groups excluding carboxylic acids is 1. The van der Waals surface area contributed by atoms with Crippen LogP contribution in [0, 0.1) is 25.2 Å². The predicted molar refractivity (Wildman–Crippen MR) is 110 cm³/mol. The van der Waals surface area contributed by atoms with E-state index in [4.69, 9.17) is 0 Å². The van der Waals surface area contributed by atoms with Crippen LogP contribution in [0.25, 0.3) is 5.65 Å². The number of aromatic nitrogens is 3. The van der Waals surface area contributed by atoms with Crippen molar-refractivity contribution < 1.29 is 4.79 Å². The van der Waals surface area contributed by atoms with Crippen molar-refractivity contribution in [1.29, 1.82) is 5.26 Å². The summed E-state index contributed by atoms with van der Waals surface area (Å²) in [5, 5.41) is 13.5. The molecule has 0 spiro atoms. The van der Waals surface area contributed by atoms with Crippen LogP contribution in [0.4, 0.5) is 0 Å². The van der Waals surface area contributed by atoms with Gasteiger partial charge in [0.2, 0.25) is 5.91 Å². The van der Waals surface area contributed by atoms with Gasteiger partial charge < -0.3 is 4.90 Å². The number of nitriles is 1. The summed E-state index contributed by atoms with van der Waals surface area (Å²) < 4.78 is 1.70. The van der Waals surface area contributed by atoms with Crippen LogP contribution in [0.5, 0.6) is 0 Å². The standard InChI is InChI=1S/C23H25N5O/c1-15-19(16(2)28-23(26-15)18(13-24)14-25-28)11-12-22(29)27(3)21-10-6-8-17-7-4-5-9-20(17)21/h4-5,7,9,14,21H,6,8,10-12H2,1-3H3. The van der Waals surface area contributed by atoms with Gasteiger partial charge in [0, 0.05) is 24.9 Å². The van der Waals surface area contributed by atoms with Gasteiger partial charge in [-0.2, -0.15) is 10.4 Å². The highest BCUT2D eigenvalue weighted by Gasteiger charge is 2.26. The Bertz CT molecular complexity index is 1120. The Hall–Kier alpha value is -3.20. The quantitative estimate of drug-likeness (QED) is 0.684. The maximum atomic E-state index is 13.0. The van der Waals surface area contributed by atoms with Crippen LogP contribution in [0.2, 0.25) is 0 Å². The summed E-state index contributed by atoms with van der Waals surface area (Å²) in [6.45, 7) is 3.90. The average molecular weight is 387 g/mol. The number of nitrogens with zero attached hydrogens (tertiary/aromatic N) is 5. The summed E-state index contributed by atoms with van der Waals surface area (Å²) in [5.74, 6) is 0.142. The van der Waals surface area contributed by atoms with E-state index in [2.05, 4.69) is 40.4 Å². The molecule has 3 aromatic rings. The van der Waals surface area contributed by atoms with Gasteiger partial charge in [-0.3, -0.25) is 4.79 Å². The highest BCUT2D eigenvalue weighted by atomic mass is 16.2. The summed E-state index contributed by atoms with van der Waals surface area (Å²) >= 11 is 0. The van der Waals surface area contributed by atoms with Crippen LogP contribution in [0.1, 0.15) is 58.9 Å². The lowest BCUT2D eigenvalue weighted by Crippen LogP contribution is -2.33. The number of carbonyl (C=O) groups is 1. The fourth-order valence-corrected chi connectivity index (χ4v) is 4.46. The third-order valence-corrected chi connectivity index (χ3v) is 6.12. The molecule has 0 radical (unpaired) electrons. The van der Waals surface area contributed by atoms with Crippen molar-refractivity contribution in [1.82, 2.24) is 19.5 Å². The van der Waals surface area contributed by atoms with Gasteiger partial charge in [-0.1, -0.05) is 24.3 Å². The lowest BCUT2D eigenvalue weighted by Gasteiger charge is -2.33. The number of aryl methyl sites for hydroxylation is 3. The molecule has 1 atom stereocenters. The summed E-state index contributed by atoms with van der Waals surface area (Å²) in [6.07, 6.45) is 5.79. The molecule has 1 aliphatic carbocycles. The van der Waals surface area contributed by atoms with Crippen LogP contribution in [-0.2, 0) is 17.6 Å². The Kier molecular flexibility index (Phi) is 5.06. The molecule has 0 N–H and O–H groups in total. The Morgan fingerprint density at radius 2 is 2.14 bits per heavy atom. The molecule has 6 nitrogen and oxygen atoms in total. The number of fused-ring (bicyclic) bond motifs is 2. The molecule has 0 saturated heterocycles. The van der Waals surface area contributed by atoms with Crippen LogP contribution in [-0.4, -0.2) is 32.5 Å². The zero-order valence-corrected chi connectivity index (χ0v) is 17.1. The van der Waals surface area contributed by atoms with E-state index in [0.29, 0.717) is 24.1 Å². The topological polar surface area (TPSA) is 74.3 Å². The Morgan fingerprint density at radius 3 is 2.93 bits per heavy atom.